The van der Waals surface area contributed by atoms with Crippen LogP contribution in [-0.2, 0) is 9.59 Å². The lowest BCUT2D eigenvalue weighted by Crippen LogP contribution is -2.52. The molecule has 0 spiro atoms. The van der Waals surface area contributed by atoms with E-state index in [-0.39, 0.29) is 36.2 Å². The first-order valence-corrected chi connectivity index (χ1v) is 10.1. The average molecular weight is 410 g/mol. The van der Waals surface area contributed by atoms with Gasteiger partial charge in [0, 0.05) is 31.6 Å². The standard InChI is InChI=1S/C21H31N3O3.ClH/c1-16-7-11-22-15-19(16)23-21(26)17-8-12-24(13-9-17)20(25)10-14-27-18-5-3-2-4-6-18;/h2-6,16-17,19,22H,7-15H2,1H3,(H,23,26);1H. The van der Waals surface area contributed by atoms with E-state index in [1.165, 1.54) is 0 Å². The van der Waals surface area contributed by atoms with Crippen LogP contribution in [0.4, 0.5) is 0 Å². The highest BCUT2D eigenvalue weighted by Gasteiger charge is 2.30. The maximum absolute atomic E-state index is 12.6. The summed E-state index contributed by atoms with van der Waals surface area (Å²) in [6, 6.07) is 9.76. The first-order valence-electron chi connectivity index (χ1n) is 10.1. The monoisotopic (exact) mass is 409 g/mol. The van der Waals surface area contributed by atoms with E-state index in [1.807, 2.05) is 35.2 Å². The van der Waals surface area contributed by atoms with Gasteiger partial charge in [-0.3, -0.25) is 9.59 Å². The van der Waals surface area contributed by atoms with Crippen molar-refractivity contribution in [1.29, 1.82) is 0 Å². The lowest BCUT2D eigenvalue weighted by molar-refractivity contribution is -0.136. The molecule has 7 heteroatoms. The van der Waals surface area contributed by atoms with Crippen LogP contribution in [0.3, 0.4) is 0 Å². The molecule has 2 N–H and O–H groups in total. The van der Waals surface area contributed by atoms with E-state index in [0.717, 1.165) is 38.1 Å². The van der Waals surface area contributed by atoms with Gasteiger partial charge in [0.15, 0.2) is 0 Å². The number of likely N-dealkylation sites (tertiary alicyclic amines) is 1. The van der Waals surface area contributed by atoms with Gasteiger partial charge in [-0.15, -0.1) is 12.4 Å². The Bertz CT molecular complexity index is 621. The lowest BCUT2D eigenvalue weighted by Gasteiger charge is -2.34. The van der Waals surface area contributed by atoms with Crippen LogP contribution in [0.15, 0.2) is 30.3 Å². The Hall–Kier alpha value is -1.79. The van der Waals surface area contributed by atoms with E-state index < -0.39 is 0 Å². The summed E-state index contributed by atoms with van der Waals surface area (Å²) in [6.07, 6.45) is 2.96. The summed E-state index contributed by atoms with van der Waals surface area (Å²) < 4.78 is 5.60. The maximum atomic E-state index is 12.6. The fraction of sp³-hybridized carbons (Fsp3) is 0.619. The summed E-state index contributed by atoms with van der Waals surface area (Å²) in [5, 5.41) is 6.56. The Morgan fingerprint density at radius 1 is 1.18 bits per heavy atom. The number of para-hydroxylation sites is 1. The molecule has 2 aliphatic heterocycles. The number of hydrogen-bond donors (Lipinski definition) is 2. The molecule has 2 heterocycles. The zero-order chi connectivity index (χ0) is 19.1. The number of piperidine rings is 2. The summed E-state index contributed by atoms with van der Waals surface area (Å²) in [7, 11) is 0. The second kappa shape index (κ2) is 11.3. The molecule has 0 saturated carbocycles. The van der Waals surface area contributed by atoms with E-state index >= 15 is 0 Å². The van der Waals surface area contributed by atoms with E-state index in [2.05, 4.69) is 17.6 Å². The van der Waals surface area contributed by atoms with Crippen molar-refractivity contribution < 1.29 is 14.3 Å². The van der Waals surface area contributed by atoms with Crippen molar-refractivity contribution in [2.24, 2.45) is 11.8 Å². The molecular weight excluding hydrogens is 378 g/mol. The number of benzene rings is 1. The smallest absolute Gasteiger partial charge is 0.225 e. The molecule has 28 heavy (non-hydrogen) atoms. The number of carbonyl (C=O) groups excluding carboxylic acids is 2. The summed E-state index contributed by atoms with van der Waals surface area (Å²) in [6.45, 7) is 5.77. The van der Waals surface area contributed by atoms with E-state index in [9.17, 15) is 9.59 Å². The molecule has 1 aromatic carbocycles. The van der Waals surface area contributed by atoms with E-state index in [4.69, 9.17) is 4.74 Å². The first-order chi connectivity index (χ1) is 13.1. The highest BCUT2D eigenvalue weighted by atomic mass is 35.5. The molecule has 3 rings (SSSR count). The molecule has 6 nitrogen and oxygen atoms in total. The van der Waals surface area contributed by atoms with Gasteiger partial charge < -0.3 is 20.3 Å². The van der Waals surface area contributed by atoms with Crippen LogP contribution in [0.2, 0.25) is 0 Å². The Balaban J connectivity index is 0.00000280. The van der Waals surface area contributed by atoms with Crippen molar-refractivity contribution in [3.63, 3.8) is 0 Å². The van der Waals surface area contributed by atoms with Crippen LogP contribution >= 0.6 is 12.4 Å². The van der Waals surface area contributed by atoms with Gasteiger partial charge in [-0.1, -0.05) is 25.1 Å². The molecule has 2 unspecified atom stereocenters. The Morgan fingerprint density at radius 2 is 1.89 bits per heavy atom. The summed E-state index contributed by atoms with van der Waals surface area (Å²) in [4.78, 5) is 26.8. The molecule has 2 saturated heterocycles. The third-order valence-electron chi connectivity index (χ3n) is 5.70. The first kappa shape index (κ1) is 22.5. The maximum Gasteiger partial charge on any atom is 0.225 e. The van der Waals surface area contributed by atoms with E-state index in [0.29, 0.717) is 32.0 Å². The summed E-state index contributed by atoms with van der Waals surface area (Å²) in [5.74, 6) is 1.57. The van der Waals surface area contributed by atoms with Gasteiger partial charge in [-0.25, -0.2) is 0 Å². The van der Waals surface area contributed by atoms with Crippen molar-refractivity contribution in [2.45, 2.75) is 38.6 Å². The zero-order valence-corrected chi connectivity index (χ0v) is 17.4. The van der Waals surface area contributed by atoms with Crippen molar-refractivity contribution in [3.05, 3.63) is 30.3 Å². The molecule has 0 aliphatic carbocycles. The van der Waals surface area contributed by atoms with Crippen molar-refractivity contribution >= 4 is 24.2 Å². The Morgan fingerprint density at radius 3 is 2.57 bits per heavy atom. The number of nitrogens with zero attached hydrogens (tertiary/aromatic N) is 1. The highest BCUT2D eigenvalue weighted by Crippen LogP contribution is 2.20. The lowest BCUT2D eigenvalue weighted by atomic mass is 9.92. The Labute approximate surface area is 173 Å². The van der Waals surface area contributed by atoms with Crippen LogP contribution in [-0.4, -0.2) is 55.5 Å². The highest BCUT2D eigenvalue weighted by molar-refractivity contribution is 5.85. The Kier molecular flexibility index (Phi) is 9.06. The number of hydrogen-bond acceptors (Lipinski definition) is 4. The third-order valence-corrected chi connectivity index (χ3v) is 5.70. The van der Waals surface area contributed by atoms with Gasteiger partial charge in [0.1, 0.15) is 5.75 Å². The molecule has 0 radical (unpaired) electrons. The van der Waals surface area contributed by atoms with E-state index in [1.54, 1.807) is 0 Å². The van der Waals surface area contributed by atoms with Crippen molar-refractivity contribution in [3.8, 4) is 5.75 Å². The number of nitrogens with one attached hydrogen (secondary N) is 2. The van der Waals surface area contributed by atoms with Crippen LogP contribution in [0.1, 0.15) is 32.6 Å². The van der Waals surface area contributed by atoms with Crippen molar-refractivity contribution in [2.75, 3.05) is 32.8 Å². The molecule has 1 aromatic rings. The van der Waals surface area contributed by atoms with Gasteiger partial charge >= 0.3 is 0 Å². The molecule has 2 atom stereocenters. The number of halogens is 1. The minimum Gasteiger partial charge on any atom is -0.493 e. The van der Waals surface area contributed by atoms with Crippen LogP contribution in [0.25, 0.3) is 0 Å². The molecule has 2 fully saturated rings. The predicted molar refractivity (Wildman–Crippen MR) is 112 cm³/mol. The predicted octanol–water partition coefficient (Wildman–Crippen LogP) is 2.23. The van der Waals surface area contributed by atoms with Gasteiger partial charge in [-0.05, 0) is 43.9 Å². The quantitative estimate of drug-likeness (QED) is 0.755. The molecule has 0 bridgehead atoms. The molecule has 156 valence electrons. The minimum atomic E-state index is 0. The fourth-order valence-corrected chi connectivity index (χ4v) is 3.81. The molecule has 0 aromatic heterocycles. The number of ether oxygens (including phenoxy) is 1. The minimum absolute atomic E-state index is 0. The van der Waals surface area contributed by atoms with Gasteiger partial charge in [0.25, 0.3) is 0 Å². The summed E-state index contributed by atoms with van der Waals surface area (Å²) >= 11 is 0. The topological polar surface area (TPSA) is 70.7 Å². The van der Waals surface area contributed by atoms with Crippen molar-refractivity contribution in [1.82, 2.24) is 15.5 Å². The van der Waals surface area contributed by atoms with Crippen LogP contribution in [0.5, 0.6) is 5.75 Å². The second-order valence-electron chi connectivity index (χ2n) is 7.65. The fourth-order valence-electron chi connectivity index (χ4n) is 3.81. The normalized spacial score (nSPS) is 22.8. The molecule has 2 aliphatic rings. The third kappa shape index (κ3) is 6.38. The largest absolute Gasteiger partial charge is 0.493 e. The number of carbonyl (C=O) groups is 2. The average Bonchev–Trinajstić information content (AvgIpc) is 2.70. The molecular formula is C21H32ClN3O3. The zero-order valence-electron chi connectivity index (χ0n) is 16.6. The second-order valence-corrected chi connectivity index (χ2v) is 7.65. The van der Waals surface area contributed by atoms with Gasteiger partial charge in [0.2, 0.25) is 11.8 Å². The van der Waals surface area contributed by atoms with Crippen LogP contribution < -0.4 is 15.4 Å². The number of amides is 2. The SMILES string of the molecule is CC1CCNCC1NC(=O)C1CCN(C(=O)CCOc2ccccc2)CC1.Cl. The van der Waals surface area contributed by atoms with Crippen LogP contribution in [0, 0.1) is 11.8 Å². The summed E-state index contributed by atoms with van der Waals surface area (Å²) in [5.41, 5.74) is 0. The number of rotatable bonds is 6. The molecule has 2 amide bonds. The van der Waals surface area contributed by atoms with Gasteiger partial charge in [0.05, 0.1) is 13.0 Å². The van der Waals surface area contributed by atoms with Gasteiger partial charge in [-0.2, -0.15) is 0 Å².